The Morgan fingerprint density at radius 2 is 2.19 bits per heavy atom. The van der Waals surface area contributed by atoms with Crippen LogP contribution in [-0.4, -0.2) is 48.7 Å². The summed E-state index contributed by atoms with van der Waals surface area (Å²) >= 11 is 0. The zero-order chi connectivity index (χ0) is 18.4. The second-order valence-electron chi connectivity index (χ2n) is 5.50. The third-order valence-corrected chi connectivity index (χ3v) is 3.85. The van der Waals surface area contributed by atoms with Crippen LogP contribution in [0, 0.1) is 0 Å². The number of carbonyl (C=O) groups is 2. The van der Waals surface area contributed by atoms with Gasteiger partial charge in [0.1, 0.15) is 18.0 Å². The number of carbonyl (C=O) groups excluding carboxylic acids is 1. The Hall–Kier alpha value is -3.49. The van der Waals surface area contributed by atoms with Gasteiger partial charge in [0.05, 0.1) is 12.1 Å². The smallest absolute Gasteiger partial charge is 0.290 e. The van der Waals surface area contributed by atoms with Crippen molar-refractivity contribution in [1.82, 2.24) is 24.6 Å². The summed E-state index contributed by atoms with van der Waals surface area (Å²) in [6.07, 6.45) is 7.55. The van der Waals surface area contributed by atoms with Crippen molar-refractivity contribution >= 4 is 12.4 Å². The maximum Gasteiger partial charge on any atom is 0.290 e. The summed E-state index contributed by atoms with van der Waals surface area (Å²) in [4.78, 5) is 31.1. The molecule has 9 heteroatoms. The zero-order valence-corrected chi connectivity index (χ0v) is 13.9. The molecule has 1 aliphatic rings. The first-order valence-corrected chi connectivity index (χ1v) is 7.93. The lowest BCUT2D eigenvalue weighted by molar-refractivity contribution is -0.133. The quantitative estimate of drug-likeness (QED) is 0.702. The molecule has 1 aliphatic heterocycles. The van der Waals surface area contributed by atoms with Crippen LogP contribution in [0.15, 0.2) is 47.4 Å². The molecule has 0 radical (unpaired) electrons. The van der Waals surface area contributed by atoms with E-state index < -0.39 is 0 Å². The predicted molar refractivity (Wildman–Crippen MR) is 89.8 cm³/mol. The molecular weight excluding hydrogens is 338 g/mol. The summed E-state index contributed by atoms with van der Waals surface area (Å²) in [5.74, 6) is 1.45. The number of rotatable bonds is 3. The molecule has 1 N–H and O–H groups in total. The van der Waals surface area contributed by atoms with Gasteiger partial charge >= 0.3 is 0 Å². The summed E-state index contributed by atoms with van der Waals surface area (Å²) in [5.41, 5.74) is 1.67. The third kappa shape index (κ3) is 3.94. The Bertz CT molecular complexity index is 861. The number of carboxylic acid groups (broad SMARTS) is 1. The van der Waals surface area contributed by atoms with Crippen LogP contribution in [0.2, 0.25) is 0 Å². The molecule has 0 aliphatic carbocycles. The van der Waals surface area contributed by atoms with Crippen LogP contribution >= 0.6 is 0 Å². The fourth-order valence-corrected chi connectivity index (χ4v) is 2.66. The first-order chi connectivity index (χ1) is 12.7. The van der Waals surface area contributed by atoms with E-state index >= 15 is 0 Å². The Morgan fingerprint density at radius 1 is 1.35 bits per heavy atom. The molecule has 0 spiro atoms. The van der Waals surface area contributed by atoms with Crippen molar-refractivity contribution in [2.45, 2.75) is 19.5 Å². The third-order valence-electron chi connectivity index (χ3n) is 3.85. The minimum atomic E-state index is -0.250. The number of hydrogen-bond acceptors (Lipinski definition) is 6. The lowest BCUT2D eigenvalue weighted by Gasteiger charge is -2.25. The molecular formula is C17H17N5O4. The van der Waals surface area contributed by atoms with Crippen molar-refractivity contribution < 1.29 is 19.1 Å². The number of aromatic nitrogens is 4. The van der Waals surface area contributed by atoms with Gasteiger partial charge in [-0.3, -0.25) is 19.3 Å². The van der Waals surface area contributed by atoms with Crippen LogP contribution in [-0.2, 0) is 29.1 Å². The van der Waals surface area contributed by atoms with E-state index in [1.54, 1.807) is 40.4 Å². The topological polar surface area (TPSA) is 114 Å². The first-order valence-electron chi connectivity index (χ1n) is 7.93. The summed E-state index contributed by atoms with van der Waals surface area (Å²) in [6.45, 7) is 1.10. The van der Waals surface area contributed by atoms with E-state index in [2.05, 4.69) is 15.1 Å². The molecule has 4 rings (SSSR count). The zero-order valence-electron chi connectivity index (χ0n) is 13.9. The lowest BCUT2D eigenvalue weighted by Crippen LogP contribution is -2.38. The standard InChI is InChI=1S/C16H15N5O2.CH2O2/c22-15(11-21-7-2-6-18-21)20-8-4-14-13(10-20)19-16(23-14)12-3-1-5-17-9-12;2-1-3/h1-3,5-7,9H,4,8,10-11H2;1H,(H,2,3). The van der Waals surface area contributed by atoms with Crippen LogP contribution in [0.5, 0.6) is 0 Å². The van der Waals surface area contributed by atoms with Gasteiger partial charge in [0, 0.05) is 37.8 Å². The van der Waals surface area contributed by atoms with Crippen molar-refractivity contribution in [2.75, 3.05) is 6.54 Å². The second kappa shape index (κ2) is 8.06. The number of pyridine rings is 1. The second-order valence-corrected chi connectivity index (χ2v) is 5.50. The molecule has 0 unspecified atom stereocenters. The van der Waals surface area contributed by atoms with Gasteiger partial charge < -0.3 is 14.4 Å². The first kappa shape index (κ1) is 17.3. The molecule has 3 aromatic heterocycles. The van der Waals surface area contributed by atoms with Crippen LogP contribution < -0.4 is 0 Å². The molecule has 134 valence electrons. The predicted octanol–water partition coefficient (Wildman–Crippen LogP) is 1.22. The van der Waals surface area contributed by atoms with Crippen LogP contribution in [0.4, 0.5) is 0 Å². The van der Waals surface area contributed by atoms with Crippen LogP contribution in [0.25, 0.3) is 11.5 Å². The van der Waals surface area contributed by atoms with Gasteiger partial charge in [-0.1, -0.05) is 0 Å². The molecule has 9 nitrogen and oxygen atoms in total. The maximum atomic E-state index is 12.3. The van der Waals surface area contributed by atoms with E-state index in [9.17, 15) is 4.79 Å². The van der Waals surface area contributed by atoms with Crippen molar-refractivity contribution in [2.24, 2.45) is 0 Å². The van der Waals surface area contributed by atoms with E-state index in [-0.39, 0.29) is 18.9 Å². The molecule has 0 saturated carbocycles. The Labute approximate surface area is 148 Å². The number of oxazole rings is 1. The summed E-state index contributed by atoms with van der Waals surface area (Å²) in [6, 6.07) is 5.56. The fraction of sp³-hybridized carbons (Fsp3) is 0.235. The molecule has 0 atom stereocenters. The Morgan fingerprint density at radius 3 is 2.88 bits per heavy atom. The van der Waals surface area contributed by atoms with E-state index in [4.69, 9.17) is 14.3 Å². The summed E-state index contributed by atoms with van der Waals surface area (Å²) in [5, 5.41) is 11.0. The number of nitrogens with zero attached hydrogens (tertiary/aromatic N) is 5. The maximum absolute atomic E-state index is 12.3. The molecule has 0 aromatic carbocycles. The lowest BCUT2D eigenvalue weighted by atomic mass is 10.1. The molecule has 26 heavy (non-hydrogen) atoms. The number of hydrogen-bond donors (Lipinski definition) is 1. The molecule has 3 aromatic rings. The highest BCUT2D eigenvalue weighted by molar-refractivity contribution is 5.76. The average molecular weight is 355 g/mol. The molecule has 1 amide bonds. The van der Waals surface area contributed by atoms with Gasteiger partial charge in [0.2, 0.25) is 11.8 Å². The van der Waals surface area contributed by atoms with Crippen molar-refractivity contribution in [3.05, 3.63) is 54.4 Å². The molecule has 0 saturated heterocycles. The highest BCUT2D eigenvalue weighted by atomic mass is 16.4. The largest absolute Gasteiger partial charge is 0.483 e. The van der Waals surface area contributed by atoms with E-state index in [1.807, 2.05) is 12.1 Å². The highest BCUT2D eigenvalue weighted by Gasteiger charge is 2.25. The molecule has 4 heterocycles. The average Bonchev–Trinajstić information content (AvgIpc) is 3.31. The minimum absolute atomic E-state index is 0.0327. The molecule has 0 bridgehead atoms. The number of amides is 1. The van der Waals surface area contributed by atoms with Crippen molar-refractivity contribution in [1.29, 1.82) is 0 Å². The van der Waals surface area contributed by atoms with E-state index in [1.165, 1.54) is 0 Å². The Kier molecular flexibility index (Phi) is 5.37. The van der Waals surface area contributed by atoms with Gasteiger partial charge in [-0.05, 0) is 18.2 Å². The molecule has 0 fully saturated rings. The van der Waals surface area contributed by atoms with Gasteiger partial charge in [-0.25, -0.2) is 4.98 Å². The van der Waals surface area contributed by atoms with Crippen LogP contribution in [0.1, 0.15) is 11.5 Å². The van der Waals surface area contributed by atoms with Crippen molar-refractivity contribution in [3.63, 3.8) is 0 Å². The Balaban J connectivity index is 0.000000613. The summed E-state index contributed by atoms with van der Waals surface area (Å²) in [7, 11) is 0. The number of fused-ring (bicyclic) bond motifs is 1. The van der Waals surface area contributed by atoms with Gasteiger partial charge in [0.15, 0.2) is 0 Å². The van der Waals surface area contributed by atoms with E-state index in [0.29, 0.717) is 25.4 Å². The minimum Gasteiger partial charge on any atom is -0.483 e. The normalized spacial score (nSPS) is 12.7. The monoisotopic (exact) mass is 355 g/mol. The van der Waals surface area contributed by atoms with Gasteiger partial charge in [-0.2, -0.15) is 5.10 Å². The van der Waals surface area contributed by atoms with Gasteiger partial charge in [0.25, 0.3) is 6.47 Å². The SMILES string of the molecule is O=C(Cn1cccn1)N1CCc2oc(-c3cccnc3)nc2C1.O=CO. The van der Waals surface area contributed by atoms with E-state index in [0.717, 1.165) is 17.0 Å². The highest BCUT2D eigenvalue weighted by Crippen LogP contribution is 2.25. The fourth-order valence-electron chi connectivity index (χ4n) is 2.66. The van der Waals surface area contributed by atoms with Crippen LogP contribution in [0.3, 0.4) is 0 Å². The van der Waals surface area contributed by atoms with Crippen molar-refractivity contribution in [3.8, 4) is 11.5 Å². The summed E-state index contributed by atoms with van der Waals surface area (Å²) < 4.78 is 7.45. The van der Waals surface area contributed by atoms with Gasteiger partial charge in [-0.15, -0.1) is 0 Å².